The summed E-state index contributed by atoms with van der Waals surface area (Å²) in [6.07, 6.45) is 1.93. The maximum absolute atomic E-state index is 12.9. The molecule has 2 aromatic heterocycles. The van der Waals surface area contributed by atoms with E-state index in [1.165, 1.54) is 10.9 Å². The highest BCUT2D eigenvalue weighted by molar-refractivity contribution is 6.28. The lowest BCUT2D eigenvalue weighted by Crippen LogP contribution is -2.52. The van der Waals surface area contributed by atoms with Crippen molar-refractivity contribution < 1.29 is 48.5 Å². The molecule has 2 saturated heterocycles. The molecule has 0 saturated carbocycles. The van der Waals surface area contributed by atoms with Gasteiger partial charge in [-0.15, -0.1) is 6.42 Å². The number of terminal acetylenes is 1. The Bertz CT molecular complexity index is 1520. The average molecular weight is 691 g/mol. The maximum atomic E-state index is 12.9. The van der Waals surface area contributed by atoms with Crippen LogP contribution in [0.2, 0.25) is 5.28 Å². The van der Waals surface area contributed by atoms with E-state index in [1.807, 2.05) is 4.90 Å². The van der Waals surface area contributed by atoms with E-state index in [4.69, 9.17) is 46.4 Å². The lowest BCUT2D eigenvalue weighted by molar-refractivity contribution is -0.120. The first-order valence-corrected chi connectivity index (χ1v) is 15.8. The Morgan fingerprint density at radius 2 is 1.62 bits per heavy atom. The highest BCUT2D eigenvalue weighted by Gasteiger charge is 2.45. The van der Waals surface area contributed by atoms with Crippen LogP contribution in [0.15, 0.2) is 30.5 Å². The van der Waals surface area contributed by atoms with Crippen molar-refractivity contribution in [2.75, 3.05) is 89.4 Å². The maximum Gasteiger partial charge on any atom is 0.231 e. The van der Waals surface area contributed by atoms with Crippen molar-refractivity contribution in [1.82, 2.24) is 19.7 Å². The number of carbonyl (C=O) groups is 1. The third-order valence-electron chi connectivity index (χ3n) is 7.64. The number of hydrogen-bond acceptors (Lipinski definition) is 14. The van der Waals surface area contributed by atoms with E-state index in [0.717, 1.165) is 0 Å². The molecule has 0 unspecified atom stereocenters. The van der Waals surface area contributed by atoms with Crippen molar-refractivity contribution in [2.24, 2.45) is 5.92 Å². The summed E-state index contributed by atoms with van der Waals surface area (Å²) in [4.78, 5) is 23.4. The molecular formula is C31H39ClN6O10. The minimum Gasteiger partial charge on any atom is -0.491 e. The molecule has 48 heavy (non-hydrogen) atoms. The van der Waals surface area contributed by atoms with Gasteiger partial charge in [-0.1, -0.05) is 5.92 Å². The van der Waals surface area contributed by atoms with Crippen LogP contribution in [0.25, 0.3) is 11.0 Å². The number of benzene rings is 1. The fraction of sp³-hybridized carbons (Fsp3) is 0.548. The summed E-state index contributed by atoms with van der Waals surface area (Å²) in [5.41, 5.74) is 0.920. The van der Waals surface area contributed by atoms with Crippen molar-refractivity contribution in [3.8, 4) is 18.1 Å². The zero-order valence-corrected chi connectivity index (χ0v) is 26.9. The predicted molar refractivity (Wildman–Crippen MR) is 172 cm³/mol. The van der Waals surface area contributed by atoms with Gasteiger partial charge >= 0.3 is 0 Å². The molecule has 4 N–H and O–H groups in total. The second kappa shape index (κ2) is 17.7. The molecule has 2 fully saturated rings. The van der Waals surface area contributed by atoms with Gasteiger partial charge < -0.3 is 54.0 Å². The van der Waals surface area contributed by atoms with Crippen molar-refractivity contribution in [1.29, 1.82) is 0 Å². The highest BCUT2D eigenvalue weighted by Crippen LogP contribution is 2.35. The Labute approximate surface area is 281 Å². The molecular weight excluding hydrogens is 652 g/mol. The Morgan fingerprint density at radius 3 is 2.25 bits per heavy atom. The van der Waals surface area contributed by atoms with Crippen LogP contribution in [0.1, 0.15) is 6.23 Å². The van der Waals surface area contributed by atoms with Crippen molar-refractivity contribution >= 4 is 40.0 Å². The van der Waals surface area contributed by atoms with Crippen LogP contribution in [0, 0.1) is 18.3 Å². The molecule has 17 heteroatoms. The number of fused-ring (bicyclic) bond motifs is 1. The van der Waals surface area contributed by atoms with Crippen molar-refractivity contribution in [3.63, 3.8) is 0 Å². The molecule has 5 rings (SSSR count). The van der Waals surface area contributed by atoms with Gasteiger partial charge in [-0.25, -0.2) is 4.68 Å². The van der Waals surface area contributed by atoms with Crippen LogP contribution in [0.4, 0.5) is 11.5 Å². The van der Waals surface area contributed by atoms with Gasteiger partial charge in [-0.2, -0.15) is 15.1 Å². The number of rotatable bonds is 19. The highest BCUT2D eigenvalue weighted by atomic mass is 35.5. The van der Waals surface area contributed by atoms with E-state index >= 15 is 0 Å². The molecule has 0 aliphatic carbocycles. The molecule has 4 heterocycles. The van der Waals surface area contributed by atoms with Gasteiger partial charge in [0.05, 0.1) is 70.4 Å². The number of aromatic nitrogens is 4. The molecule has 4 atom stereocenters. The van der Waals surface area contributed by atoms with Gasteiger partial charge in [0.1, 0.15) is 43.1 Å². The molecule has 1 aromatic carbocycles. The number of hydrogen-bond donors (Lipinski definition) is 4. The van der Waals surface area contributed by atoms with Gasteiger partial charge in [0, 0.05) is 18.8 Å². The normalized spacial score (nSPS) is 20.9. The van der Waals surface area contributed by atoms with Gasteiger partial charge in [0.15, 0.2) is 11.9 Å². The van der Waals surface area contributed by atoms with Crippen molar-refractivity contribution in [2.45, 2.75) is 24.5 Å². The van der Waals surface area contributed by atoms with Gasteiger partial charge in [-0.3, -0.25) is 4.79 Å². The topological polar surface area (TPSA) is 192 Å². The van der Waals surface area contributed by atoms with Crippen LogP contribution in [-0.2, 0) is 28.5 Å². The number of anilines is 2. The largest absolute Gasteiger partial charge is 0.491 e. The monoisotopic (exact) mass is 690 g/mol. The lowest BCUT2D eigenvalue weighted by Gasteiger charge is -2.39. The zero-order chi connectivity index (χ0) is 33.9. The number of carbonyl (C=O) groups excluding carboxylic acids is 1. The van der Waals surface area contributed by atoms with Crippen LogP contribution < -0.4 is 15.0 Å². The molecule has 16 nitrogen and oxygen atoms in total. The number of aliphatic hydroxyl groups is 3. The number of amides is 1. The van der Waals surface area contributed by atoms with E-state index in [-0.39, 0.29) is 29.4 Å². The molecule has 3 aromatic rings. The molecule has 0 radical (unpaired) electrons. The van der Waals surface area contributed by atoms with Crippen LogP contribution in [0.5, 0.6) is 5.75 Å². The zero-order valence-electron chi connectivity index (χ0n) is 26.1. The summed E-state index contributed by atoms with van der Waals surface area (Å²) in [7, 11) is 0. The summed E-state index contributed by atoms with van der Waals surface area (Å²) >= 11 is 6.22. The third kappa shape index (κ3) is 9.08. The van der Waals surface area contributed by atoms with E-state index < -0.39 is 31.1 Å². The minimum absolute atomic E-state index is 0.0567. The quantitative estimate of drug-likeness (QED) is 0.0760. The third-order valence-corrected chi connectivity index (χ3v) is 7.81. The Hall–Kier alpha value is -3.63. The summed E-state index contributed by atoms with van der Waals surface area (Å²) in [6, 6.07) is 7.07. The second-order valence-electron chi connectivity index (χ2n) is 10.9. The van der Waals surface area contributed by atoms with Gasteiger partial charge in [-0.05, 0) is 35.9 Å². The summed E-state index contributed by atoms with van der Waals surface area (Å²) < 4.78 is 34.0. The number of halogens is 1. The van der Waals surface area contributed by atoms with E-state index in [2.05, 4.69) is 26.3 Å². The van der Waals surface area contributed by atoms with Crippen LogP contribution in [-0.4, -0.2) is 138 Å². The Balaban J connectivity index is 0.995. The molecule has 1 amide bonds. The first-order chi connectivity index (χ1) is 23.4. The van der Waals surface area contributed by atoms with E-state index in [0.29, 0.717) is 88.6 Å². The molecule has 2 aliphatic rings. The van der Waals surface area contributed by atoms with Crippen LogP contribution in [0.3, 0.4) is 0 Å². The van der Waals surface area contributed by atoms with Gasteiger partial charge in [0.25, 0.3) is 0 Å². The Kier molecular flexibility index (Phi) is 13.1. The average Bonchev–Trinajstić information content (AvgIpc) is 3.60. The number of nitrogens with zero attached hydrogens (tertiary/aromatic N) is 5. The molecule has 0 bridgehead atoms. The summed E-state index contributed by atoms with van der Waals surface area (Å²) in [5.74, 6) is 3.07. The van der Waals surface area contributed by atoms with E-state index in [9.17, 15) is 20.1 Å². The number of aliphatic hydroxyl groups excluding tert-OH is 3. The van der Waals surface area contributed by atoms with Crippen molar-refractivity contribution in [3.05, 3.63) is 35.7 Å². The smallest absolute Gasteiger partial charge is 0.231 e. The summed E-state index contributed by atoms with van der Waals surface area (Å²) in [6.45, 7) is 4.10. The first-order valence-electron chi connectivity index (χ1n) is 15.5. The Morgan fingerprint density at radius 1 is 0.979 bits per heavy atom. The SMILES string of the molecule is C#CCOCCOCCOCCOCCOc1ccc(NC(=O)C2CN(c3nc(Cl)nc4c3cnn4[C@@H]3O[C@H](CO)[C@@H](O)[C@H]3O)C2)cc1. The van der Waals surface area contributed by atoms with Crippen LogP contribution >= 0.6 is 11.6 Å². The number of ether oxygens (including phenoxy) is 6. The minimum atomic E-state index is -1.33. The van der Waals surface area contributed by atoms with E-state index in [1.54, 1.807) is 24.3 Å². The predicted octanol–water partition coefficient (Wildman–Crippen LogP) is 0.245. The first kappa shape index (κ1) is 35.7. The molecule has 260 valence electrons. The second-order valence-corrected chi connectivity index (χ2v) is 11.3. The fourth-order valence-corrected chi connectivity index (χ4v) is 5.26. The summed E-state index contributed by atoms with van der Waals surface area (Å²) in [5, 5.41) is 37.7. The molecule has 2 aliphatic heterocycles. The fourth-order valence-electron chi connectivity index (χ4n) is 5.10. The van der Waals surface area contributed by atoms with Gasteiger partial charge in [0.2, 0.25) is 11.2 Å². The molecule has 0 spiro atoms. The lowest BCUT2D eigenvalue weighted by atomic mass is 9.98. The standard InChI is InChI=1S/C31H39ClN6O10/c1-2-7-43-8-9-44-10-11-45-12-13-46-14-15-47-22-5-3-21(4-6-22)34-29(42)20-17-37(18-20)27-23-16-33-38(28(23)36-31(32)35-27)30-26(41)25(40)24(19-39)48-30/h1,3-6,16,20,24-26,30,39-41H,7-15,17-19H2,(H,34,42)/t24-,25-,26-,30-/m1/s1. The number of nitrogens with one attached hydrogen (secondary N) is 1.